The van der Waals surface area contributed by atoms with Crippen LogP contribution in [0.3, 0.4) is 0 Å². The molecular formula is C82H102ClN2O7P. The molecule has 3 aliphatic carbocycles. The van der Waals surface area contributed by atoms with E-state index in [-0.39, 0.29) is 48.9 Å². The van der Waals surface area contributed by atoms with E-state index in [2.05, 4.69) is 141 Å². The molecule has 5 aromatic rings. The standard InChI is InChI=1S/C35H40O2P.C28H30N2O3.C18H28O2.CH4.ClH/c1-28-29(2)35(37)30(27-34(28)36)19-11-6-4-3-5-7-18-26-38(31-20-12-8-13-21-31,32-22-14-9-15-23-32)33-24-16-10-17-25-33;1-6-29-23-15-25-21(13-17(23)4)27(19-11-9-10-12-20(19)28(31)32-8-3)22-14-18(5)24(30-7-2)16-26(22)33-25;1-4-5-6-7-8-9-10-11-12-16-13-17(19)14(2)15(3)18(16)20;;/h8-10,12-17,20-25,27H,3-7,11,18-19,26H2,1-2H3;9-16,29H,6-8H2,1-5H3;13H,4-12H2,1-3H3;1H4;1H/q+1;;;;/p-1. The Morgan fingerprint density at radius 3 is 1.45 bits per heavy atom. The summed E-state index contributed by atoms with van der Waals surface area (Å²) in [5, 5.41) is 9.66. The SMILES string of the molecule is C.CC1=C(C)C(=O)C(CCCCCCCCC[P+](c2ccccc2)(c2ccccc2)c2ccccc2)=CC1=O.CCCCCCCCCCC1=CC(=O)C(C)=C(C)C1=O.CCN=c1cc2oc3cc(NCC)c(C)cc3c(-c3ccccc3C(=O)OCC)c-2cc1C.[Cl-]. The number of hydrogen-bond acceptors (Lipinski definition) is 9. The van der Waals surface area contributed by atoms with Gasteiger partial charge in [0, 0.05) is 80.9 Å². The van der Waals surface area contributed by atoms with E-state index in [0.717, 1.165) is 94.2 Å². The number of esters is 1. The van der Waals surface area contributed by atoms with Crippen molar-refractivity contribution in [1.82, 2.24) is 0 Å². The number of ketones is 4. The second kappa shape index (κ2) is 38.6. The Hall–Kier alpha value is -7.58. The predicted octanol–water partition coefficient (Wildman–Crippen LogP) is 16.4. The zero-order valence-electron chi connectivity index (χ0n) is 56.4. The number of aryl methyl sites for hydroxylation is 2. The Labute approximate surface area is 562 Å². The van der Waals surface area contributed by atoms with Gasteiger partial charge in [0.05, 0.1) is 23.7 Å². The second-order valence-electron chi connectivity index (χ2n) is 24.3. The van der Waals surface area contributed by atoms with Gasteiger partial charge in [-0.2, -0.15) is 0 Å². The van der Waals surface area contributed by atoms with Crippen molar-refractivity contribution in [2.45, 2.75) is 186 Å². The Balaban J connectivity index is 0.000000262. The van der Waals surface area contributed by atoms with Gasteiger partial charge in [-0.25, -0.2) is 4.79 Å². The first kappa shape index (κ1) is 76.1. The monoisotopic (exact) mass is 1290 g/mol. The van der Waals surface area contributed by atoms with E-state index in [4.69, 9.17) is 9.15 Å². The molecule has 0 atom stereocenters. The quantitative estimate of drug-likeness (QED) is 0.0169. The number of allylic oxidation sites excluding steroid dienone is 8. The zero-order valence-corrected chi connectivity index (χ0v) is 58.1. The van der Waals surface area contributed by atoms with Crippen molar-refractivity contribution in [3.8, 4) is 22.5 Å². The van der Waals surface area contributed by atoms with Crippen molar-refractivity contribution in [2.75, 3.05) is 31.2 Å². The fraction of sp³-hybridized carbons (Fsp3) is 0.390. The summed E-state index contributed by atoms with van der Waals surface area (Å²) < 4.78 is 11.8. The van der Waals surface area contributed by atoms with Crippen molar-refractivity contribution in [3.63, 3.8) is 0 Å². The zero-order chi connectivity index (χ0) is 65.3. The summed E-state index contributed by atoms with van der Waals surface area (Å²) in [4.78, 5) is 65.7. The molecule has 0 spiro atoms. The van der Waals surface area contributed by atoms with Crippen LogP contribution in [-0.2, 0) is 23.9 Å². The maximum Gasteiger partial charge on any atom is 0.338 e. The van der Waals surface area contributed by atoms with Gasteiger partial charge < -0.3 is 26.9 Å². The van der Waals surface area contributed by atoms with E-state index < -0.39 is 7.26 Å². The predicted molar refractivity (Wildman–Crippen MR) is 388 cm³/mol. The third kappa shape index (κ3) is 20.0. The third-order valence-electron chi connectivity index (χ3n) is 17.8. The van der Waals surface area contributed by atoms with Crippen molar-refractivity contribution in [3.05, 3.63) is 207 Å². The van der Waals surface area contributed by atoms with E-state index in [9.17, 15) is 24.0 Å². The van der Waals surface area contributed by atoms with Crippen molar-refractivity contribution >= 4 is 68.9 Å². The number of Topliss-reactive ketones (excluding diaryl/α,β-unsaturated/α-hetero) is 2. The van der Waals surface area contributed by atoms with Gasteiger partial charge in [-0.3, -0.25) is 24.2 Å². The van der Waals surface area contributed by atoms with Crippen LogP contribution in [-0.4, -0.2) is 55.0 Å². The number of anilines is 1. The lowest BCUT2D eigenvalue weighted by Gasteiger charge is -2.27. The molecule has 0 unspecified atom stereocenters. The van der Waals surface area contributed by atoms with Crippen LogP contribution in [0.15, 0.2) is 195 Å². The largest absolute Gasteiger partial charge is 1.00 e. The summed E-state index contributed by atoms with van der Waals surface area (Å²) in [6.07, 6.45) is 23.9. The molecular weight excluding hydrogens is 1190 g/mol. The number of unbranched alkanes of at least 4 members (excludes halogenated alkanes) is 13. The molecule has 0 saturated carbocycles. The molecule has 0 radical (unpaired) electrons. The van der Waals surface area contributed by atoms with Gasteiger partial charge >= 0.3 is 5.97 Å². The van der Waals surface area contributed by atoms with Gasteiger partial charge in [0.25, 0.3) is 0 Å². The van der Waals surface area contributed by atoms with Crippen LogP contribution < -0.4 is 39.0 Å². The normalized spacial score (nSPS) is 13.4. The molecule has 0 saturated heterocycles. The highest BCUT2D eigenvalue weighted by atomic mass is 35.5. The number of fused-ring (bicyclic) bond motifs is 2. The summed E-state index contributed by atoms with van der Waals surface area (Å²) >= 11 is 0. The third-order valence-corrected chi connectivity index (χ3v) is 22.4. The number of halogens is 1. The molecule has 93 heavy (non-hydrogen) atoms. The van der Waals surface area contributed by atoms with Crippen LogP contribution in [0.5, 0.6) is 0 Å². The lowest BCUT2D eigenvalue weighted by atomic mass is 9.88. The Morgan fingerprint density at radius 1 is 0.516 bits per heavy atom. The highest BCUT2D eigenvalue weighted by Gasteiger charge is 2.44. The summed E-state index contributed by atoms with van der Waals surface area (Å²) in [5.41, 5.74) is 11.1. The van der Waals surface area contributed by atoms with E-state index >= 15 is 0 Å². The van der Waals surface area contributed by atoms with Crippen molar-refractivity contribution in [2.24, 2.45) is 4.99 Å². The van der Waals surface area contributed by atoms with Gasteiger partial charge in [-0.1, -0.05) is 158 Å². The summed E-state index contributed by atoms with van der Waals surface area (Å²) in [7, 11) is -1.73. The number of nitrogens with zero attached hydrogens (tertiary/aromatic N) is 1. The fourth-order valence-corrected chi connectivity index (χ4v) is 16.8. The molecule has 9 nitrogen and oxygen atoms in total. The minimum absolute atomic E-state index is 0. The maximum atomic E-state index is 12.9. The summed E-state index contributed by atoms with van der Waals surface area (Å²) in [6.45, 7) is 21.1. The van der Waals surface area contributed by atoms with Crippen molar-refractivity contribution < 1.29 is 45.5 Å². The van der Waals surface area contributed by atoms with E-state index in [1.165, 1.54) is 92.7 Å². The van der Waals surface area contributed by atoms with Crippen LogP contribution in [0, 0.1) is 13.8 Å². The summed E-state index contributed by atoms with van der Waals surface area (Å²) in [6, 6.07) is 49.3. The van der Waals surface area contributed by atoms with Crippen LogP contribution in [0.2, 0.25) is 0 Å². The number of carbonyl (C=O) groups is 5. The minimum atomic E-state index is -1.73. The first-order chi connectivity index (χ1) is 44.1. The van der Waals surface area contributed by atoms with Crippen LogP contribution in [0.1, 0.15) is 193 Å². The first-order valence-electron chi connectivity index (χ1n) is 33.6. The maximum absolute atomic E-state index is 12.9. The first-order valence-corrected chi connectivity index (χ1v) is 35.6. The molecule has 0 fully saturated rings. The molecule has 9 rings (SSSR count). The molecule has 494 valence electrons. The average Bonchev–Trinajstić information content (AvgIpc) is 0.752. The molecule has 11 heteroatoms. The highest BCUT2D eigenvalue weighted by Crippen LogP contribution is 2.56. The van der Waals surface area contributed by atoms with Gasteiger partial charge in [-0.05, 0) is 184 Å². The van der Waals surface area contributed by atoms with E-state index in [1.54, 1.807) is 39.8 Å². The molecule has 0 bridgehead atoms. The Bertz CT molecular complexity index is 3700. The van der Waals surface area contributed by atoms with Crippen LogP contribution >= 0.6 is 7.26 Å². The molecule has 1 N–H and O–H groups in total. The average molecular weight is 1290 g/mol. The molecule has 4 aliphatic rings. The topological polar surface area (TPSA) is 132 Å². The molecule has 1 heterocycles. The minimum Gasteiger partial charge on any atom is -1.00 e. The lowest BCUT2D eigenvalue weighted by Crippen LogP contribution is -3.00. The number of ether oxygens (including phenoxy) is 1. The van der Waals surface area contributed by atoms with Crippen LogP contribution in [0.25, 0.3) is 33.4 Å². The van der Waals surface area contributed by atoms with E-state index in [0.29, 0.717) is 58.6 Å². The second-order valence-corrected chi connectivity index (χ2v) is 27.9. The van der Waals surface area contributed by atoms with Crippen LogP contribution in [0.4, 0.5) is 5.69 Å². The lowest BCUT2D eigenvalue weighted by molar-refractivity contribution is -0.116. The molecule has 0 amide bonds. The molecule has 5 aromatic carbocycles. The van der Waals surface area contributed by atoms with E-state index in [1.807, 2.05) is 50.2 Å². The smallest absolute Gasteiger partial charge is 0.338 e. The summed E-state index contributed by atoms with van der Waals surface area (Å²) in [5.74, 6) is 0.550. The van der Waals surface area contributed by atoms with Gasteiger partial charge in [0.2, 0.25) is 0 Å². The highest BCUT2D eigenvalue weighted by molar-refractivity contribution is 7.95. The van der Waals surface area contributed by atoms with Gasteiger partial charge in [0.15, 0.2) is 23.1 Å². The Kier molecular flexibility index (Phi) is 31.6. The number of carbonyl (C=O) groups excluding carboxylic acids is 5. The number of hydrogen-bond donors (Lipinski definition) is 1. The number of nitrogens with one attached hydrogen (secondary N) is 1. The number of rotatable bonds is 28. The molecule has 0 aromatic heterocycles. The Morgan fingerprint density at radius 2 is 0.978 bits per heavy atom. The number of benzene rings is 6. The fourth-order valence-electron chi connectivity index (χ4n) is 12.4. The van der Waals surface area contributed by atoms with Gasteiger partial charge in [0.1, 0.15) is 34.5 Å². The molecule has 1 aliphatic heterocycles. The van der Waals surface area contributed by atoms with Crippen molar-refractivity contribution in [1.29, 1.82) is 0 Å². The van der Waals surface area contributed by atoms with Gasteiger partial charge in [-0.15, -0.1) is 0 Å².